The Balaban J connectivity index is 0.00000385. The maximum absolute atomic E-state index is 12.6. The average molecular weight is 473 g/mol. The molecule has 180 valence electrons. The minimum Gasteiger partial charge on any atom is -1.00 e. The second-order valence-electron chi connectivity index (χ2n) is 8.35. The molecule has 0 atom stereocenters. The van der Waals surface area contributed by atoms with Crippen molar-refractivity contribution in [2.24, 2.45) is 7.05 Å². The zero-order chi connectivity index (χ0) is 22.6. The summed E-state index contributed by atoms with van der Waals surface area (Å²) in [6.45, 7) is 3.30. The minimum atomic E-state index is -0.199. The van der Waals surface area contributed by atoms with Crippen LogP contribution in [0.4, 0.5) is 0 Å². The Morgan fingerprint density at radius 2 is 1.52 bits per heavy atom. The third-order valence-electron chi connectivity index (χ3n) is 5.89. The highest BCUT2D eigenvalue weighted by atomic mass is 35.5. The number of nitrogens with zero attached hydrogens (tertiary/aromatic N) is 2. The van der Waals surface area contributed by atoms with E-state index in [1.807, 2.05) is 60.1 Å². The van der Waals surface area contributed by atoms with E-state index < -0.39 is 0 Å². The molecule has 0 fully saturated rings. The number of rotatable bonds is 14. The van der Waals surface area contributed by atoms with E-state index in [1.165, 1.54) is 38.5 Å². The molecule has 0 saturated heterocycles. The molecule has 0 bridgehead atoms. The average Bonchev–Trinajstić information content (AvgIpc) is 3.08. The third-order valence-corrected chi connectivity index (χ3v) is 5.89. The van der Waals surface area contributed by atoms with E-state index in [0.29, 0.717) is 13.2 Å². The molecular formula is C27H37ClN2O3. The van der Waals surface area contributed by atoms with Gasteiger partial charge in [-0.05, 0) is 30.7 Å². The first-order chi connectivity index (χ1) is 15.7. The van der Waals surface area contributed by atoms with E-state index in [0.717, 1.165) is 35.4 Å². The largest absolute Gasteiger partial charge is 1.00 e. The van der Waals surface area contributed by atoms with Crippen LogP contribution in [0.3, 0.4) is 0 Å². The molecule has 0 aliphatic rings. The number of ether oxygens (including phenoxy) is 2. The first kappa shape index (κ1) is 26.7. The number of hydrogen-bond acceptors (Lipinski definition) is 3. The van der Waals surface area contributed by atoms with Gasteiger partial charge in [0.05, 0.1) is 13.7 Å². The van der Waals surface area contributed by atoms with Gasteiger partial charge in [-0.25, -0.2) is 13.9 Å². The third kappa shape index (κ3) is 8.08. The zero-order valence-corrected chi connectivity index (χ0v) is 20.7. The minimum absolute atomic E-state index is 0. The standard InChI is InChI=1S/C27H37N2O3.ClH/c1-3-4-5-6-7-8-9-15-20-31-27(30)21-29-25-19-14-13-18-24(25)28(2)26(29)22-32-23-16-11-10-12-17-23;/h10-14,16-19H,3-9,15,20-22H2,1-2H3;1H/q+1;/p-1. The van der Waals surface area contributed by atoms with Crippen LogP contribution in [0.5, 0.6) is 5.75 Å². The van der Waals surface area contributed by atoms with Crippen molar-refractivity contribution in [2.45, 2.75) is 71.4 Å². The Morgan fingerprint density at radius 3 is 2.24 bits per heavy atom. The predicted molar refractivity (Wildman–Crippen MR) is 127 cm³/mol. The molecule has 0 saturated carbocycles. The lowest BCUT2D eigenvalue weighted by atomic mass is 10.1. The lowest BCUT2D eigenvalue weighted by molar-refractivity contribution is -0.655. The number of aromatic nitrogens is 2. The first-order valence-corrected chi connectivity index (χ1v) is 12.0. The van der Waals surface area contributed by atoms with Crippen molar-refractivity contribution in [1.82, 2.24) is 4.57 Å². The molecule has 0 unspecified atom stereocenters. The number of para-hydroxylation sites is 3. The summed E-state index contributed by atoms with van der Waals surface area (Å²) in [6, 6.07) is 17.8. The quantitative estimate of drug-likeness (QED) is 0.206. The Hall–Kier alpha value is -2.53. The van der Waals surface area contributed by atoms with Gasteiger partial charge >= 0.3 is 5.97 Å². The topological polar surface area (TPSA) is 44.3 Å². The van der Waals surface area contributed by atoms with E-state index in [9.17, 15) is 4.79 Å². The maximum atomic E-state index is 12.6. The molecule has 1 aromatic heterocycles. The Labute approximate surface area is 204 Å². The Morgan fingerprint density at radius 1 is 0.879 bits per heavy atom. The lowest BCUT2D eigenvalue weighted by Gasteiger charge is -2.07. The van der Waals surface area contributed by atoms with Gasteiger partial charge in [0.15, 0.2) is 24.2 Å². The van der Waals surface area contributed by atoms with Crippen LogP contribution in [0.2, 0.25) is 0 Å². The van der Waals surface area contributed by atoms with Gasteiger partial charge in [-0.2, -0.15) is 0 Å². The van der Waals surface area contributed by atoms with Gasteiger partial charge in [0.25, 0.3) is 5.82 Å². The molecule has 3 aromatic rings. The fourth-order valence-corrected chi connectivity index (χ4v) is 4.05. The van der Waals surface area contributed by atoms with Crippen molar-refractivity contribution >= 4 is 17.0 Å². The van der Waals surface area contributed by atoms with Crippen LogP contribution in [0.25, 0.3) is 11.0 Å². The molecule has 33 heavy (non-hydrogen) atoms. The molecule has 0 aliphatic carbocycles. The van der Waals surface area contributed by atoms with Gasteiger partial charge in [0, 0.05) is 0 Å². The number of esters is 1. The van der Waals surface area contributed by atoms with Gasteiger partial charge in [0.1, 0.15) is 5.75 Å². The van der Waals surface area contributed by atoms with E-state index in [-0.39, 0.29) is 24.9 Å². The van der Waals surface area contributed by atoms with Crippen molar-refractivity contribution in [3.05, 3.63) is 60.4 Å². The van der Waals surface area contributed by atoms with Crippen molar-refractivity contribution < 1.29 is 31.2 Å². The van der Waals surface area contributed by atoms with E-state index in [1.54, 1.807) is 0 Å². The smallest absolute Gasteiger partial charge is 0.348 e. The van der Waals surface area contributed by atoms with Crippen LogP contribution in [0.1, 0.15) is 64.1 Å². The predicted octanol–water partition coefficient (Wildman–Crippen LogP) is 2.73. The van der Waals surface area contributed by atoms with Gasteiger partial charge in [-0.3, -0.25) is 0 Å². The van der Waals surface area contributed by atoms with Crippen LogP contribution in [-0.2, 0) is 29.7 Å². The van der Waals surface area contributed by atoms with Gasteiger partial charge in [0.2, 0.25) is 0 Å². The molecule has 0 amide bonds. The second kappa shape index (κ2) is 14.6. The Kier molecular flexibility index (Phi) is 11.8. The normalized spacial score (nSPS) is 10.7. The first-order valence-electron chi connectivity index (χ1n) is 12.0. The zero-order valence-electron chi connectivity index (χ0n) is 20.0. The molecule has 0 radical (unpaired) electrons. The SMILES string of the molecule is CCCCCCCCCCOC(=O)Cn1c(COc2ccccc2)[n+](C)c2ccccc21.[Cl-]. The molecular weight excluding hydrogens is 436 g/mol. The molecule has 3 rings (SSSR count). The van der Waals surface area contributed by atoms with Crippen LogP contribution in [-0.4, -0.2) is 17.1 Å². The molecule has 2 aromatic carbocycles. The highest BCUT2D eigenvalue weighted by Crippen LogP contribution is 2.17. The van der Waals surface area contributed by atoms with Crippen molar-refractivity contribution in [3.63, 3.8) is 0 Å². The summed E-state index contributed by atoms with van der Waals surface area (Å²) in [5, 5.41) is 0. The summed E-state index contributed by atoms with van der Waals surface area (Å²) in [6.07, 6.45) is 9.83. The molecule has 1 heterocycles. The number of unbranched alkanes of at least 4 members (excludes halogenated alkanes) is 7. The number of halogens is 1. The van der Waals surface area contributed by atoms with Crippen LogP contribution in [0.15, 0.2) is 54.6 Å². The highest BCUT2D eigenvalue weighted by Gasteiger charge is 2.25. The molecule has 0 spiro atoms. The van der Waals surface area contributed by atoms with Crippen molar-refractivity contribution in [1.29, 1.82) is 0 Å². The van der Waals surface area contributed by atoms with E-state index in [4.69, 9.17) is 9.47 Å². The van der Waals surface area contributed by atoms with Crippen molar-refractivity contribution in [2.75, 3.05) is 6.61 Å². The number of aryl methyl sites for hydroxylation is 1. The summed E-state index contributed by atoms with van der Waals surface area (Å²) >= 11 is 0. The number of imidazole rings is 1. The Bertz CT molecular complexity index is 972. The number of hydrogen-bond donors (Lipinski definition) is 0. The summed E-state index contributed by atoms with van der Waals surface area (Å²) in [5.41, 5.74) is 2.07. The van der Waals surface area contributed by atoms with Gasteiger partial charge < -0.3 is 21.9 Å². The summed E-state index contributed by atoms with van der Waals surface area (Å²) in [4.78, 5) is 12.6. The van der Waals surface area contributed by atoms with Crippen molar-refractivity contribution in [3.8, 4) is 5.75 Å². The maximum Gasteiger partial charge on any atom is 0.348 e. The van der Waals surface area contributed by atoms with Crippen LogP contribution in [0, 0.1) is 0 Å². The number of carbonyl (C=O) groups is 1. The molecule has 0 aliphatic heterocycles. The lowest BCUT2D eigenvalue weighted by Crippen LogP contribution is -3.00. The van der Waals surface area contributed by atoms with E-state index in [2.05, 4.69) is 17.6 Å². The molecule has 6 heteroatoms. The van der Waals surface area contributed by atoms with Gasteiger partial charge in [-0.15, -0.1) is 0 Å². The number of benzene rings is 2. The monoisotopic (exact) mass is 472 g/mol. The fraction of sp³-hybridized carbons (Fsp3) is 0.481. The summed E-state index contributed by atoms with van der Waals surface area (Å²) in [7, 11) is 2.01. The second-order valence-corrected chi connectivity index (χ2v) is 8.35. The number of carbonyl (C=O) groups excluding carboxylic acids is 1. The summed E-state index contributed by atoms with van der Waals surface area (Å²) < 4.78 is 15.6. The van der Waals surface area contributed by atoms with Crippen LogP contribution < -0.4 is 21.7 Å². The highest BCUT2D eigenvalue weighted by molar-refractivity contribution is 5.76. The summed E-state index contributed by atoms with van der Waals surface area (Å²) in [5.74, 6) is 1.54. The van der Waals surface area contributed by atoms with Gasteiger partial charge in [-0.1, -0.05) is 82.2 Å². The fourth-order valence-electron chi connectivity index (χ4n) is 4.05. The van der Waals surface area contributed by atoms with E-state index >= 15 is 0 Å². The van der Waals surface area contributed by atoms with Crippen LogP contribution >= 0.6 is 0 Å². The number of fused-ring (bicyclic) bond motifs is 1. The molecule has 5 nitrogen and oxygen atoms in total. The molecule has 0 N–H and O–H groups in total.